The number of nitrogens with zero attached hydrogens (tertiary/aromatic N) is 4. The molecule has 7 nitrogen and oxygen atoms in total. The van der Waals surface area contributed by atoms with Gasteiger partial charge in [0.25, 0.3) is 5.91 Å². The quantitative estimate of drug-likeness (QED) is 0.460. The zero-order valence-corrected chi connectivity index (χ0v) is 19.9. The number of likely N-dealkylation sites (tertiary alicyclic amines) is 1. The molecule has 1 atom stereocenters. The molecule has 0 spiro atoms. The fraction of sp³-hybridized carbons (Fsp3) is 0.321. The average molecular weight is 467 g/mol. The number of hydrogen-bond acceptors (Lipinski definition) is 5. The highest BCUT2D eigenvalue weighted by Gasteiger charge is 2.34. The molecule has 2 aromatic carbocycles. The van der Waals surface area contributed by atoms with Crippen LogP contribution in [0.3, 0.4) is 0 Å². The highest BCUT2D eigenvalue weighted by Crippen LogP contribution is 2.40. The van der Waals surface area contributed by atoms with Gasteiger partial charge in [0, 0.05) is 23.1 Å². The van der Waals surface area contributed by atoms with E-state index in [-0.39, 0.29) is 6.04 Å². The Hall–Kier alpha value is -3.71. The fourth-order valence-corrected chi connectivity index (χ4v) is 5.62. The molecule has 4 heterocycles. The van der Waals surface area contributed by atoms with Gasteiger partial charge in [0.15, 0.2) is 0 Å². The second-order valence-corrected chi connectivity index (χ2v) is 9.77. The highest BCUT2D eigenvalue weighted by atomic mass is 16.1. The first-order valence-corrected chi connectivity index (χ1v) is 12.4. The number of amides is 1. The third-order valence-corrected chi connectivity index (χ3v) is 7.55. The summed E-state index contributed by atoms with van der Waals surface area (Å²) in [5, 5.41) is 9.48. The number of pyridine rings is 1. The first-order valence-electron chi connectivity index (χ1n) is 12.4. The molecule has 3 N–H and O–H groups in total. The number of benzene rings is 2. The molecule has 2 aromatic heterocycles. The van der Waals surface area contributed by atoms with Crippen LogP contribution in [0.15, 0.2) is 60.7 Å². The van der Waals surface area contributed by atoms with Crippen LogP contribution in [0.4, 0.5) is 5.82 Å². The van der Waals surface area contributed by atoms with E-state index in [2.05, 4.69) is 35.5 Å². The molecular weight excluding hydrogens is 436 g/mol. The molecule has 178 valence electrons. The first-order chi connectivity index (χ1) is 17.1. The van der Waals surface area contributed by atoms with Crippen LogP contribution in [-0.2, 0) is 0 Å². The summed E-state index contributed by atoms with van der Waals surface area (Å²) in [5.74, 6) is 0.852. The molecule has 0 saturated carbocycles. The van der Waals surface area contributed by atoms with E-state index >= 15 is 0 Å². The fourth-order valence-electron chi connectivity index (χ4n) is 5.62. The molecule has 0 aliphatic carbocycles. The Morgan fingerprint density at radius 3 is 2.54 bits per heavy atom. The summed E-state index contributed by atoms with van der Waals surface area (Å²) in [5.41, 5.74) is 10.7. The third-order valence-electron chi connectivity index (χ3n) is 7.55. The van der Waals surface area contributed by atoms with E-state index in [4.69, 9.17) is 15.8 Å². The van der Waals surface area contributed by atoms with Gasteiger partial charge in [0.1, 0.15) is 17.1 Å². The van der Waals surface area contributed by atoms with E-state index in [1.807, 2.05) is 47.1 Å². The molecule has 35 heavy (non-hydrogen) atoms. The molecule has 1 amide bonds. The van der Waals surface area contributed by atoms with Crippen LogP contribution in [0.25, 0.3) is 33.4 Å². The number of carbonyl (C=O) groups is 1. The lowest BCUT2D eigenvalue weighted by Crippen LogP contribution is -2.37. The van der Waals surface area contributed by atoms with Crippen LogP contribution >= 0.6 is 0 Å². The Morgan fingerprint density at radius 2 is 1.77 bits per heavy atom. The number of hydrogen-bond donors (Lipinski definition) is 2. The van der Waals surface area contributed by atoms with Gasteiger partial charge in [-0.15, -0.1) is 0 Å². The smallest absolute Gasteiger partial charge is 0.254 e. The first kappa shape index (κ1) is 21.8. The number of nitrogens with two attached hydrogens (primary N) is 1. The predicted octanol–water partition coefficient (Wildman–Crippen LogP) is 4.56. The Bertz CT molecular complexity index is 1390. The monoisotopic (exact) mass is 466 g/mol. The number of fused-ring (bicyclic) bond motifs is 2. The molecule has 7 heteroatoms. The Labute approximate surface area is 205 Å². The van der Waals surface area contributed by atoms with Crippen molar-refractivity contribution in [3.63, 3.8) is 0 Å². The van der Waals surface area contributed by atoms with Crippen molar-refractivity contribution in [3.8, 4) is 22.5 Å². The largest absolute Gasteiger partial charge is 0.370 e. The molecule has 1 fully saturated rings. The minimum atomic E-state index is -0.455. The van der Waals surface area contributed by atoms with E-state index in [9.17, 15) is 4.79 Å². The predicted molar refractivity (Wildman–Crippen MR) is 139 cm³/mol. The summed E-state index contributed by atoms with van der Waals surface area (Å²) >= 11 is 0. The van der Waals surface area contributed by atoms with Gasteiger partial charge in [-0.05, 0) is 57.5 Å². The van der Waals surface area contributed by atoms with Gasteiger partial charge in [-0.3, -0.25) is 4.79 Å². The van der Waals surface area contributed by atoms with Gasteiger partial charge in [-0.25, -0.2) is 9.67 Å². The van der Waals surface area contributed by atoms with Crippen molar-refractivity contribution in [2.45, 2.75) is 25.3 Å². The van der Waals surface area contributed by atoms with Gasteiger partial charge in [-0.2, -0.15) is 5.10 Å². The van der Waals surface area contributed by atoms with Gasteiger partial charge in [0.05, 0.1) is 17.3 Å². The molecule has 4 aromatic rings. The van der Waals surface area contributed by atoms with Crippen LogP contribution in [0.5, 0.6) is 0 Å². The second kappa shape index (κ2) is 8.82. The van der Waals surface area contributed by atoms with Crippen molar-refractivity contribution in [1.29, 1.82) is 0 Å². The zero-order chi connectivity index (χ0) is 23.9. The Morgan fingerprint density at radius 1 is 1.00 bits per heavy atom. The number of anilines is 1. The number of aromatic nitrogens is 3. The van der Waals surface area contributed by atoms with Gasteiger partial charge in [-0.1, -0.05) is 48.5 Å². The Balaban J connectivity index is 1.43. The number of nitrogens with one attached hydrogen (secondary N) is 1. The SMILES string of the molecule is CN1CCC([C@H]2CCNc3c(C(N)=O)c(-c4ccc5ccc(-c6ccccc6)nc5c4)nn32)CC1. The van der Waals surface area contributed by atoms with Crippen LogP contribution in [0, 0.1) is 5.92 Å². The van der Waals surface area contributed by atoms with Crippen LogP contribution < -0.4 is 11.1 Å². The summed E-state index contributed by atoms with van der Waals surface area (Å²) in [6.07, 6.45) is 3.29. The lowest BCUT2D eigenvalue weighted by molar-refractivity contribution is 0.100. The summed E-state index contributed by atoms with van der Waals surface area (Å²) in [7, 11) is 2.18. The number of piperidine rings is 1. The Kier molecular flexibility index (Phi) is 5.49. The van der Waals surface area contributed by atoms with E-state index in [0.717, 1.165) is 72.4 Å². The van der Waals surface area contributed by atoms with Crippen LogP contribution in [-0.4, -0.2) is 52.3 Å². The summed E-state index contributed by atoms with van der Waals surface area (Å²) < 4.78 is 2.05. The van der Waals surface area contributed by atoms with Crippen molar-refractivity contribution in [2.24, 2.45) is 11.7 Å². The molecular formula is C28H30N6O. The third kappa shape index (κ3) is 3.96. The lowest BCUT2D eigenvalue weighted by atomic mass is 9.87. The van der Waals surface area contributed by atoms with Crippen molar-refractivity contribution in [3.05, 3.63) is 66.2 Å². The number of carbonyl (C=O) groups excluding carboxylic acids is 1. The molecule has 0 unspecified atom stereocenters. The average Bonchev–Trinajstić information content (AvgIpc) is 3.29. The highest BCUT2D eigenvalue weighted by molar-refractivity contribution is 6.04. The van der Waals surface area contributed by atoms with Crippen LogP contribution in [0.2, 0.25) is 0 Å². The van der Waals surface area contributed by atoms with Gasteiger partial charge < -0.3 is 16.0 Å². The molecule has 6 rings (SSSR count). The second-order valence-electron chi connectivity index (χ2n) is 9.77. The van der Waals surface area contributed by atoms with E-state index in [0.29, 0.717) is 17.2 Å². The number of rotatable bonds is 4. The van der Waals surface area contributed by atoms with Gasteiger partial charge in [0.2, 0.25) is 0 Å². The van der Waals surface area contributed by atoms with Crippen LogP contribution in [0.1, 0.15) is 35.7 Å². The van der Waals surface area contributed by atoms with E-state index in [1.165, 1.54) is 0 Å². The van der Waals surface area contributed by atoms with Crippen molar-refractivity contribution >= 4 is 22.6 Å². The maximum atomic E-state index is 12.7. The normalized spacial score (nSPS) is 18.8. The standard InChI is InChI=1S/C28H30N6O/c1-33-15-12-20(13-16-33)24-11-14-30-28-25(27(29)35)26(32-34(24)28)21-8-7-19-9-10-22(31-23(19)17-21)18-5-3-2-4-6-18/h2-10,17,20,24,30H,11-16H2,1H3,(H2,29,35)/t24-/m1/s1. The van der Waals surface area contributed by atoms with Crippen molar-refractivity contribution in [1.82, 2.24) is 19.7 Å². The van der Waals surface area contributed by atoms with E-state index in [1.54, 1.807) is 0 Å². The summed E-state index contributed by atoms with van der Waals surface area (Å²) in [6.45, 7) is 3.02. The van der Waals surface area contributed by atoms with Crippen molar-refractivity contribution < 1.29 is 4.79 Å². The van der Waals surface area contributed by atoms with E-state index < -0.39 is 5.91 Å². The summed E-state index contributed by atoms with van der Waals surface area (Å²) in [6, 6.07) is 20.6. The summed E-state index contributed by atoms with van der Waals surface area (Å²) in [4.78, 5) is 20.0. The molecule has 1 saturated heterocycles. The minimum absolute atomic E-state index is 0.273. The molecule has 2 aliphatic heterocycles. The molecule has 2 aliphatic rings. The van der Waals surface area contributed by atoms with Crippen molar-refractivity contribution in [2.75, 3.05) is 32.0 Å². The lowest BCUT2D eigenvalue weighted by Gasteiger charge is -2.37. The van der Waals surface area contributed by atoms with Gasteiger partial charge >= 0.3 is 0 Å². The number of primary amides is 1. The topological polar surface area (TPSA) is 89.1 Å². The maximum Gasteiger partial charge on any atom is 0.254 e. The minimum Gasteiger partial charge on any atom is -0.370 e. The maximum absolute atomic E-state index is 12.7. The molecule has 0 radical (unpaired) electrons. The zero-order valence-electron chi connectivity index (χ0n) is 19.9. The molecule has 0 bridgehead atoms.